The Hall–Kier alpha value is -1.71. The quantitative estimate of drug-likeness (QED) is 0.493. The lowest BCUT2D eigenvalue weighted by atomic mass is 10.0. The summed E-state index contributed by atoms with van der Waals surface area (Å²) >= 11 is 7.38. The summed E-state index contributed by atoms with van der Waals surface area (Å²) in [7, 11) is 0. The van der Waals surface area contributed by atoms with Crippen molar-refractivity contribution in [3.05, 3.63) is 69.6 Å². The van der Waals surface area contributed by atoms with Crippen molar-refractivity contribution in [3.8, 4) is 21.6 Å². The van der Waals surface area contributed by atoms with Crippen LogP contribution in [0.2, 0.25) is 4.34 Å². The topological polar surface area (TPSA) is 0 Å². The van der Waals surface area contributed by atoms with E-state index in [0.717, 1.165) is 16.0 Å². The molecule has 0 aliphatic heterocycles. The van der Waals surface area contributed by atoms with Crippen LogP contribution < -0.4 is 0 Å². The van der Waals surface area contributed by atoms with Gasteiger partial charge in [-0.05, 0) is 54.8 Å². The zero-order chi connectivity index (χ0) is 15.9. The Balaban J connectivity index is 2.05. The van der Waals surface area contributed by atoms with Crippen molar-refractivity contribution in [2.75, 3.05) is 0 Å². The van der Waals surface area contributed by atoms with Gasteiger partial charge in [-0.3, -0.25) is 0 Å². The monoisotopic (exact) mass is 334 g/mol. The largest absolute Gasteiger partial charge is 0.206 e. The lowest BCUT2D eigenvalue weighted by Gasteiger charge is -2.07. The maximum atomic E-state index is 14.4. The van der Waals surface area contributed by atoms with Crippen LogP contribution in [0, 0.1) is 25.5 Å². The van der Waals surface area contributed by atoms with Crippen LogP contribution in [0.4, 0.5) is 8.78 Å². The highest BCUT2D eigenvalue weighted by atomic mass is 35.5. The maximum Gasteiger partial charge on any atom is 0.132 e. The van der Waals surface area contributed by atoms with Gasteiger partial charge in [-0.15, -0.1) is 11.3 Å². The summed E-state index contributed by atoms with van der Waals surface area (Å²) in [5, 5.41) is 0. The predicted octanol–water partition coefficient (Wildman–Crippen LogP) is 6.63. The minimum atomic E-state index is -0.379. The molecular weight excluding hydrogens is 322 g/mol. The van der Waals surface area contributed by atoms with Crippen molar-refractivity contribution in [1.29, 1.82) is 0 Å². The van der Waals surface area contributed by atoms with Crippen LogP contribution in [-0.4, -0.2) is 0 Å². The third-order valence-electron chi connectivity index (χ3n) is 3.53. The molecule has 3 rings (SSSR count). The van der Waals surface area contributed by atoms with Gasteiger partial charge in [0.05, 0.1) is 4.34 Å². The van der Waals surface area contributed by atoms with Gasteiger partial charge in [0.1, 0.15) is 11.6 Å². The molecule has 0 spiro atoms. The van der Waals surface area contributed by atoms with Crippen molar-refractivity contribution >= 4 is 22.9 Å². The Morgan fingerprint density at radius 1 is 0.864 bits per heavy atom. The fourth-order valence-electron chi connectivity index (χ4n) is 2.33. The fourth-order valence-corrected chi connectivity index (χ4v) is 3.56. The van der Waals surface area contributed by atoms with Crippen LogP contribution >= 0.6 is 22.9 Å². The van der Waals surface area contributed by atoms with Crippen LogP contribution in [0.5, 0.6) is 0 Å². The first-order valence-electron chi connectivity index (χ1n) is 6.78. The average Bonchev–Trinajstić information content (AvgIpc) is 2.78. The smallest absolute Gasteiger partial charge is 0.132 e. The van der Waals surface area contributed by atoms with Crippen LogP contribution in [0.3, 0.4) is 0 Å². The molecule has 2 aromatic carbocycles. The third-order valence-corrected chi connectivity index (χ3v) is 5.12. The Bertz CT molecular complexity index is 833. The summed E-state index contributed by atoms with van der Waals surface area (Å²) in [6.45, 7) is 3.70. The molecular formula is C18H13ClF2S. The van der Waals surface area contributed by atoms with Gasteiger partial charge < -0.3 is 0 Å². The second-order valence-corrected chi connectivity index (χ2v) is 6.90. The molecule has 0 radical (unpaired) electrons. The van der Waals surface area contributed by atoms with E-state index in [2.05, 4.69) is 0 Å². The van der Waals surface area contributed by atoms with E-state index in [0.29, 0.717) is 21.0 Å². The zero-order valence-corrected chi connectivity index (χ0v) is 13.7. The zero-order valence-electron chi connectivity index (χ0n) is 12.1. The molecule has 0 aliphatic carbocycles. The van der Waals surface area contributed by atoms with Gasteiger partial charge in [0, 0.05) is 16.0 Å². The Morgan fingerprint density at radius 2 is 1.55 bits per heavy atom. The van der Waals surface area contributed by atoms with Crippen LogP contribution in [0.15, 0.2) is 42.5 Å². The summed E-state index contributed by atoms with van der Waals surface area (Å²) < 4.78 is 29.1. The van der Waals surface area contributed by atoms with Gasteiger partial charge >= 0.3 is 0 Å². The number of benzene rings is 2. The van der Waals surface area contributed by atoms with Gasteiger partial charge in [0.25, 0.3) is 0 Å². The standard InChI is InChI=1S/C18H13ClF2S/c1-10-3-5-13(15(20)7-10)12-4-6-14(16(21)9-12)17-8-11(2)18(19)22-17/h3-9H,1-2H3. The summed E-state index contributed by atoms with van der Waals surface area (Å²) in [5.41, 5.74) is 3.17. The van der Waals surface area contributed by atoms with Crippen molar-refractivity contribution in [2.24, 2.45) is 0 Å². The molecule has 1 heterocycles. The summed E-state index contributed by atoms with van der Waals surface area (Å²) in [6, 6.07) is 11.6. The van der Waals surface area contributed by atoms with E-state index in [9.17, 15) is 8.78 Å². The first kappa shape index (κ1) is 15.2. The van der Waals surface area contributed by atoms with Gasteiger partial charge in [-0.25, -0.2) is 8.78 Å². The van der Waals surface area contributed by atoms with Crippen LogP contribution in [-0.2, 0) is 0 Å². The lowest BCUT2D eigenvalue weighted by Crippen LogP contribution is -1.88. The van der Waals surface area contributed by atoms with Crippen molar-refractivity contribution < 1.29 is 8.78 Å². The summed E-state index contributed by atoms with van der Waals surface area (Å²) in [6.07, 6.45) is 0. The van der Waals surface area contributed by atoms with E-state index in [1.54, 1.807) is 18.2 Å². The molecule has 0 bridgehead atoms. The second kappa shape index (κ2) is 5.82. The van der Waals surface area contributed by atoms with E-state index in [1.165, 1.54) is 23.5 Å². The molecule has 0 aliphatic rings. The molecule has 22 heavy (non-hydrogen) atoms. The Labute approximate surface area is 137 Å². The van der Waals surface area contributed by atoms with Gasteiger partial charge in [-0.2, -0.15) is 0 Å². The summed E-state index contributed by atoms with van der Waals surface area (Å²) in [4.78, 5) is 0.774. The highest BCUT2D eigenvalue weighted by molar-refractivity contribution is 7.19. The van der Waals surface area contributed by atoms with Crippen molar-refractivity contribution in [1.82, 2.24) is 0 Å². The highest BCUT2D eigenvalue weighted by Crippen LogP contribution is 2.37. The number of hydrogen-bond donors (Lipinski definition) is 0. The summed E-state index contributed by atoms with van der Waals surface area (Å²) in [5.74, 6) is -0.724. The molecule has 0 N–H and O–H groups in total. The van der Waals surface area contributed by atoms with Gasteiger partial charge in [0.2, 0.25) is 0 Å². The number of rotatable bonds is 2. The molecule has 0 nitrogen and oxygen atoms in total. The molecule has 0 saturated heterocycles. The average molecular weight is 335 g/mol. The SMILES string of the molecule is Cc1ccc(-c2ccc(-c3cc(C)c(Cl)s3)c(F)c2)c(F)c1. The van der Waals surface area contributed by atoms with Crippen molar-refractivity contribution in [2.45, 2.75) is 13.8 Å². The molecule has 112 valence electrons. The molecule has 4 heteroatoms. The van der Waals surface area contributed by atoms with E-state index < -0.39 is 0 Å². The number of hydrogen-bond acceptors (Lipinski definition) is 1. The Kier molecular flexibility index (Phi) is 4.02. The van der Waals surface area contributed by atoms with Gasteiger partial charge in [0.15, 0.2) is 0 Å². The molecule has 0 atom stereocenters. The maximum absolute atomic E-state index is 14.4. The van der Waals surface area contributed by atoms with Gasteiger partial charge in [-0.1, -0.05) is 29.8 Å². The molecule has 0 saturated carbocycles. The normalized spacial score (nSPS) is 11.0. The molecule has 0 amide bonds. The highest BCUT2D eigenvalue weighted by Gasteiger charge is 2.13. The number of thiophene rings is 1. The van der Waals surface area contributed by atoms with E-state index in [-0.39, 0.29) is 11.6 Å². The van der Waals surface area contributed by atoms with Crippen LogP contribution in [0.1, 0.15) is 11.1 Å². The molecule has 1 aromatic heterocycles. The molecule has 0 fully saturated rings. The second-order valence-electron chi connectivity index (χ2n) is 5.25. The third kappa shape index (κ3) is 2.79. The predicted molar refractivity (Wildman–Crippen MR) is 89.6 cm³/mol. The molecule has 3 aromatic rings. The lowest BCUT2D eigenvalue weighted by molar-refractivity contribution is 0.626. The first-order chi connectivity index (χ1) is 10.5. The number of aryl methyl sites for hydroxylation is 2. The number of halogens is 3. The minimum absolute atomic E-state index is 0.345. The molecule has 0 unspecified atom stereocenters. The minimum Gasteiger partial charge on any atom is -0.206 e. The Morgan fingerprint density at radius 3 is 2.14 bits per heavy atom. The van der Waals surface area contributed by atoms with Crippen LogP contribution in [0.25, 0.3) is 21.6 Å². The van der Waals surface area contributed by atoms with E-state index in [4.69, 9.17) is 11.6 Å². The van der Waals surface area contributed by atoms with Crippen molar-refractivity contribution in [3.63, 3.8) is 0 Å². The fraction of sp³-hybridized carbons (Fsp3) is 0.111. The van der Waals surface area contributed by atoms with E-state index in [1.807, 2.05) is 26.0 Å². The van der Waals surface area contributed by atoms with E-state index >= 15 is 0 Å². The first-order valence-corrected chi connectivity index (χ1v) is 7.97.